The average molecular weight is 172 g/mol. The van der Waals surface area contributed by atoms with Gasteiger partial charge in [0.15, 0.2) is 5.96 Å². The second kappa shape index (κ2) is 5.83. The summed E-state index contributed by atoms with van der Waals surface area (Å²) in [6.07, 6.45) is 0. The third kappa shape index (κ3) is 7.34. The van der Waals surface area contributed by atoms with Crippen LogP contribution in [0.15, 0.2) is 4.99 Å². The zero-order chi connectivity index (χ0) is 9.56. The van der Waals surface area contributed by atoms with Crippen LogP contribution >= 0.6 is 0 Å². The number of nitrogens with one attached hydrogen (secondary N) is 1. The van der Waals surface area contributed by atoms with Gasteiger partial charge in [-0.1, -0.05) is 0 Å². The molecular formula is C8H20N4. The molecule has 0 aliphatic heterocycles. The first kappa shape index (κ1) is 11.2. The Labute approximate surface area is 74.8 Å². The van der Waals surface area contributed by atoms with E-state index in [4.69, 9.17) is 5.73 Å². The molecule has 0 aliphatic carbocycles. The summed E-state index contributed by atoms with van der Waals surface area (Å²) in [5, 5.41) is 3.03. The van der Waals surface area contributed by atoms with Crippen LogP contribution in [-0.4, -0.2) is 44.1 Å². The van der Waals surface area contributed by atoms with Gasteiger partial charge in [-0.3, -0.25) is 4.99 Å². The lowest BCUT2D eigenvalue weighted by Gasteiger charge is -2.10. The summed E-state index contributed by atoms with van der Waals surface area (Å²) in [5.74, 6) is 0.534. The summed E-state index contributed by atoms with van der Waals surface area (Å²) in [5.41, 5.74) is 5.58. The second-order valence-electron chi connectivity index (χ2n) is 3.37. The van der Waals surface area contributed by atoms with Gasteiger partial charge in [0.05, 0.1) is 6.54 Å². The molecule has 0 atom stereocenters. The van der Waals surface area contributed by atoms with Gasteiger partial charge in [-0.2, -0.15) is 0 Å². The van der Waals surface area contributed by atoms with E-state index in [1.165, 1.54) is 0 Å². The summed E-state index contributed by atoms with van der Waals surface area (Å²) >= 11 is 0. The lowest BCUT2D eigenvalue weighted by molar-refractivity contribution is 0.420. The minimum Gasteiger partial charge on any atom is -0.370 e. The van der Waals surface area contributed by atoms with E-state index in [0.717, 1.165) is 13.1 Å². The van der Waals surface area contributed by atoms with Gasteiger partial charge in [0, 0.05) is 12.6 Å². The van der Waals surface area contributed by atoms with Crippen molar-refractivity contribution in [1.29, 1.82) is 0 Å². The molecule has 0 saturated carbocycles. The van der Waals surface area contributed by atoms with Gasteiger partial charge in [-0.05, 0) is 27.9 Å². The number of guanidine groups is 1. The Balaban J connectivity index is 3.55. The number of hydrogen-bond acceptors (Lipinski definition) is 2. The van der Waals surface area contributed by atoms with Crippen LogP contribution in [0, 0.1) is 0 Å². The first-order valence-electron chi connectivity index (χ1n) is 4.23. The molecule has 0 aromatic rings. The van der Waals surface area contributed by atoms with E-state index in [0.29, 0.717) is 12.0 Å². The lowest BCUT2D eigenvalue weighted by atomic mass is 10.4. The molecule has 0 amide bonds. The molecule has 0 rings (SSSR count). The molecule has 3 N–H and O–H groups in total. The van der Waals surface area contributed by atoms with Gasteiger partial charge in [0.2, 0.25) is 0 Å². The summed E-state index contributed by atoms with van der Waals surface area (Å²) in [7, 11) is 4.03. The van der Waals surface area contributed by atoms with Crippen molar-refractivity contribution in [3.05, 3.63) is 0 Å². The Kier molecular flexibility index (Phi) is 5.45. The van der Waals surface area contributed by atoms with E-state index >= 15 is 0 Å². The Bertz CT molecular complexity index is 140. The number of aliphatic imine (C=N–C) groups is 1. The van der Waals surface area contributed by atoms with Crippen LogP contribution in [0.25, 0.3) is 0 Å². The number of nitrogens with two attached hydrogens (primary N) is 1. The van der Waals surface area contributed by atoms with Crippen molar-refractivity contribution in [2.75, 3.05) is 27.2 Å². The highest BCUT2D eigenvalue weighted by molar-refractivity contribution is 5.78. The summed E-state index contributed by atoms with van der Waals surface area (Å²) in [6, 6.07) is 0.355. The zero-order valence-electron chi connectivity index (χ0n) is 8.46. The topological polar surface area (TPSA) is 53.6 Å². The van der Waals surface area contributed by atoms with Gasteiger partial charge in [0.1, 0.15) is 0 Å². The van der Waals surface area contributed by atoms with Crippen molar-refractivity contribution in [3.8, 4) is 0 Å². The molecule has 4 heteroatoms. The minimum absolute atomic E-state index is 0.355. The molecule has 0 spiro atoms. The molecule has 0 unspecified atom stereocenters. The van der Waals surface area contributed by atoms with Crippen LogP contribution in [0.1, 0.15) is 13.8 Å². The fourth-order valence-electron chi connectivity index (χ4n) is 0.712. The molecule has 0 heterocycles. The fourth-order valence-corrected chi connectivity index (χ4v) is 0.712. The minimum atomic E-state index is 0.355. The average Bonchev–Trinajstić information content (AvgIpc) is 1.84. The van der Waals surface area contributed by atoms with Crippen molar-refractivity contribution < 1.29 is 0 Å². The van der Waals surface area contributed by atoms with Crippen LogP contribution in [0.5, 0.6) is 0 Å². The first-order valence-corrected chi connectivity index (χ1v) is 4.23. The maximum Gasteiger partial charge on any atom is 0.188 e. The van der Waals surface area contributed by atoms with Crippen LogP contribution in [-0.2, 0) is 0 Å². The van der Waals surface area contributed by atoms with E-state index in [1.807, 2.05) is 27.9 Å². The molecule has 72 valence electrons. The predicted octanol–water partition coefficient (Wildman–Crippen LogP) is -0.139. The molecule has 0 saturated heterocycles. The monoisotopic (exact) mass is 172 g/mol. The van der Waals surface area contributed by atoms with Crippen molar-refractivity contribution in [3.63, 3.8) is 0 Å². The Hall–Kier alpha value is -0.770. The van der Waals surface area contributed by atoms with Gasteiger partial charge >= 0.3 is 0 Å². The van der Waals surface area contributed by atoms with Gasteiger partial charge in [-0.25, -0.2) is 0 Å². The predicted molar refractivity (Wildman–Crippen MR) is 53.3 cm³/mol. The zero-order valence-corrected chi connectivity index (χ0v) is 8.46. The Morgan fingerprint density at radius 2 is 2.08 bits per heavy atom. The summed E-state index contributed by atoms with van der Waals surface area (Å²) < 4.78 is 0. The third-order valence-corrected chi connectivity index (χ3v) is 1.27. The van der Waals surface area contributed by atoms with Gasteiger partial charge in [-0.15, -0.1) is 0 Å². The molecule has 0 radical (unpaired) electrons. The van der Waals surface area contributed by atoms with Gasteiger partial charge < -0.3 is 16.0 Å². The van der Waals surface area contributed by atoms with E-state index in [9.17, 15) is 0 Å². The Morgan fingerprint density at radius 1 is 1.50 bits per heavy atom. The van der Waals surface area contributed by atoms with Crippen molar-refractivity contribution >= 4 is 5.96 Å². The first-order chi connectivity index (χ1) is 5.52. The highest BCUT2D eigenvalue weighted by Crippen LogP contribution is 1.78. The maximum absolute atomic E-state index is 5.58. The van der Waals surface area contributed by atoms with Crippen LogP contribution in [0.4, 0.5) is 0 Å². The molecule has 0 aromatic heterocycles. The standard InChI is InChI=1S/C8H20N4/c1-7(2)11-8(9)10-5-6-12(3)4/h7H,5-6H2,1-4H3,(H3,9,10,11). The molecule has 0 bridgehead atoms. The third-order valence-electron chi connectivity index (χ3n) is 1.27. The molecule has 12 heavy (non-hydrogen) atoms. The maximum atomic E-state index is 5.58. The largest absolute Gasteiger partial charge is 0.370 e. The van der Waals surface area contributed by atoms with Crippen LogP contribution in [0.3, 0.4) is 0 Å². The number of likely N-dealkylation sites (N-methyl/N-ethyl adjacent to an activating group) is 1. The van der Waals surface area contributed by atoms with E-state index in [1.54, 1.807) is 0 Å². The van der Waals surface area contributed by atoms with Gasteiger partial charge in [0.25, 0.3) is 0 Å². The SMILES string of the molecule is CC(C)NC(N)=NCCN(C)C. The lowest BCUT2D eigenvalue weighted by Crippen LogP contribution is -2.37. The highest BCUT2D eigenvalue weighted by Gasteiger charge is 1.94. The van der Waals surface area contributed by atoms with Crippen molar-refractivity contribution in [2.45, 2.75) is 19.9 Å². The molecule has 0 fully saturated rings. The highest BCUT2D eigenvalue weighted by atomic mass is 15.1. The van der Waals surface area contributed by atoms with E-state index < -0.39 is 0 Å². The molecule has 0 aliphatic rings. The normalized spacial score (nSPS) is 12.7. The quantitative estimate of drug-likeness (QED) is 0.458. The van der Waals surface area contributed by atoms with Crippen LogP contribution in [0.2, 0.25) is 0 Å². The molecule has 0 aromatic carbocycles. The number of nitrogens with zero attached hydrogens (tertiary/aromatic N) is 2. The molecule has 4 nitrogen and oxygen atoms in total. The fraction of sp³-hybridized carbons (Fsp3) is 0.875. The second-order valence-corrected chi connectivity index (χ2v) is 3.37. The summed E-state index contributed by atoms with van der Waals surface area (Å²) in [6.45, 7) is 5.75. The smallest absolute Gasteiger partial charge is 0.188 e. The number of rotatable bonds is 4. The van der Waals surface area contributed by atoms with E-state index in [2.05, 4.69) is 15.2 Å². The van der Waals surface area contributed by atoms with Crippen molar-refractivity contribution in [2.24, 2.45) is 10.7 Å². The number of hydrogen-bond donors (Lipinski definition) is 2. The summed E-state index contributed by atoms with van der Waals surface area (Å²) in [4.78, 5) is 6.22. The van der Waals surface area contributed by atoms with Crippen molar-refractivity contribution in [1.82, 2.24) is 10.2 Å². The van der Waals surface area contributed by atoms with Crippen LogP contribution < -0.4 is 11.1 Å². The van der Waals surface area contributed by atoms with E-state index in [-0.39, 0.29) is 0 Å². The molecular weight excluding hydrogens is 152 g/mol. The Morgan fingerprint density at radius 3 is 2.50 bits per heavy atom.